The smallest absolute Gasteiger partial charge is 0.0700 e. The highest BCUT2D eigenvalue weighted by Crippen LogP contribution is 2.19. The molecule has 4 heteroatoms. The summed E-state index contributed by atoms with van der Waals surface area (Å²) < 4.78 is 10.3. The monoisotopic (exact) mass is 274 g/mol. The standard InChI is InChI=1S/C13H19ClO2S/c1-15-8-9-16-7-2-10-17-13-5-3-12(11-14)4-6-13/h3-6H,2,7-11H2,1H3. The van der Waals surface area contributed by atoms with E-state index >= 15 is 0 Å². The molecule has 0 N–H and O–H groups in total. The molecule has 0 saturated heterocycles. The lowest BCUT2D eigenvalue weighted by Gasteiger charge is -2.04. The van der Waals surface area contributed by atoms with Gasteiger partial charge in [-0.15, -0.1) is 23.4 Å². The summed E-state index contributed by atoms with van der Waals surface area (Å²) in [7, 11) is 1.68. The van der Waals surface area contributed by atoms with Gasteiger partial charge in [0.25, 0.3) is 0 Å². The molecule has 0 heterocycles. The Bertz CT molecular complexity index is 290. The molecule has 1 rings (SSSR count). The number of methoxy groups -OCH3 is 1. The zero-order chi connectivity index (χ0) is 12.3. The van der Waals surface area contributed by atoms with E-state index in [9.17, 15) is 0 Å². The molecule has 96 valence electrons. The Balaban J connectivity index is 2.05. The summed E-state index contributed by atoms with van der Waals surface area (Å²) in [6.45, 7) is 2.16. The fraction of sp³-hybridized carbons (Fsp3) is 0.538. The third-order valence-corrected chi connectivity index (χ3v) is 3.62. The van der Waals surface area contributed by atoms with Crippen molar-refractivity contribution in [1.82, 2.24) is 0 Å². The van der Waals surface area contributed by atoms with Crippen molar-refractivity contribution in [2.45, 2.75) is 17.2 Å². The van der Waals surface area contributed by atoms with Gasteiger partial charge in [0.1, 0.15) is 0 Å². The third-order valence-electron chi connectivity index (χ3n) is 2.21. The van der Waals surface area contributed by atoms with Crippen LogP contribution in [0.3, 0.4) is 0 Å². The second-order valence-corrected chi connectivity index (χ2v) is 5.02. The molecule has 0 aliphatic rings. The first-order chi connectivity index (χ1) is 8.36. The minimum atomic E-state index is 0.582. The Labute approximate surface area is 113 Å². The van der Waals surface area contributed by atoms with Crippen LogP contribution in [0.5, 0.6) is 0 Å². The van der Waals surface area contributed by atoms with Crippen molar-refractivity contribution in [2.75, 3.05) is 32.7 Å². The van der Waals surface area contributed by atoms with Gasteiger partial charge in [-0.25, -0.2) is 0 Å². The van der Waals surface area contributed by atoms with Gasteiger partial charge in [-0.1, -0.05) is 12.1 Å². The van der Waals surface area contributed by atoms with Gasteiger partial charge in [0.2, 0.25) is 0 Å². The maximum Gasteiger partial charge on any atom is 0.0700 e. The highest BCUT2D eigenvalue weighted by molar-refractivity contribution is 7.99. The molecule has 17 heavy (non-hydrogen) atoms. The van der Waals surface area contributed by atoms with E-state index in [1.165, 1.54) is 10.5 Å². The molecule has 0 aliphatic carbocycles. The van der Waals surface area contributed by atoms with E-state index in [4.69, 9.17) is 21.1 Å². The number of rotatable bonds is 9. The fourth-order valence-electron chi connectivity index (χ4n) is 1.27. The summed E-state index contributed by atoms with van der Waals surface area (Å²) in [5, 5.41) is 0. The summed E-state index contributed by atoms with van der Waals surface area (Å²) in [6, 6.07) is 8.39. The van der Waals surface area contributed by atoms with Crippen LogP contribution < -0.4 is 0 Å². The number of thioether (sulfide) groups is 1. The molecule has 0 fully saturated rings. The second-order valence-electron chi connectivity index (χ2n) is 3.58. The molecule has 0 unspecified atom stereocenters. The van der Waals surface area contributed by atoms with E-state index in [2.05, 4.69) is 24.3 Å². The van der Waals surface area contributed by atoms with Crippen LogP contribution in [-0.4, -0.2) is 32.7 Å². The Morgan fingerprint density at radius 3 is 2.53 bits per heavy atom. The molecule has 0 bridgehead atoms. The summed E-state index contributed by atoms with van der Waals surface area (Å²) in [5.74, 6) is 1.66. The minimum absolute atomic E-state index is 0.582. The number of ether oxygens (including phenoxy) is 2. The fourth-order valence-corrected chi connectivity index (χ4v) is 2.27. The lowest BCUT2D eigenvalue weighted by molar-refractivity contribution is 0.0713. The number of benzene rings is 1. The quantitative estimate of drug-likeness (QED) is 0.390. The summed E-state index contributed by atoms with van der Waals surface area (Å²) in [5.41, 5.74) is 1.17. The molecule has 2 nitrogen and oxygen atoms in total. The summed E-state index contributed by atoms with van der Waals surface area (Å²) in [4.78, 5) is 1.29. The topological polar surface area (TPSA) is 18.5 Å². The van der Waals surface area contributed by atoms with Crippen LogP contribution in [0.4, 0.5) is 0 Å². The lowest BCUT2D eigenvalue weighted by Crippen LogP contribution is -2.03. The number of alkyl halides is 1. The summed E-state index contributed by atoms with van der Waals surface area (Å²) in [6.07, 6.45) is 1.06. The van der Waals surface area contributed by atoms with Crippen molar-refractivity contribution in [3.8, 4) is 0 Å². The highest BCUT2D eigenvalue weighted by atomic mass is 35.5. The van der Waals surface area contributed by atoms with Crippen LogP contribution in [0.2, 0.25) is 0 Å². The van der Waals surface area contributed by atoms with Gasteiger partial charge >= 0.3 is 0 Å². The molecule has 0 radical (unpaired) electrons. The van der Waals surface area contributed by atoms with Crippen LogP contribution in [0.15, 0.2) is 29.2 Å². The highest BCUT2D eigenvalue weighted by Gasteiger charge is 1.95. The lowest BCUT2D eigenvalue weighted by atomic mass is 10.2. The van der Waals surface area contributed by atoms with E-state index in [1.54, 1.807) is 7.11 Å². The second kappa shape index (κ2) is 9.77. The van der Waals surface area contributed by atoms with Crippen molar-refractivity contribution in [3.63, 3.8) is 0 Å². The van der Waals surface area contributed by atoms with Crippen LogP contribution in [0.1, 0.15) is 12.0 Å². The van der Waals surface area contributed by atoms with Crippen molar-refractivity contribution < 1.29 is 9.47 Å². The van der Waals surface area contributed by atoms with Crippen molar-refractivity contribution in [2.24, 2.45) is 0 Å². The minimum Gasteiger partial charge on any atom is -0.382 e. The van der Waals surface area contributed by atoms with Gasteiger partial charge in [-0.2, -0.15) is 0 Å². The van der Waals surface area contributed by atoms with Gasteiger partial charge in [0.15, 0.2) is 0 Å². The SMILES string of the molecule is COCCOCCCSc1ccc(CCl)cc1. The largest absolute Gasteiger partial charge is 0.382 e. The Hall–Kier alpha value is -0.220. The van der Waals surface area contributed by atoms with E-state index in [1.807, 2.05) is 11.8 Å². The van der Waals surface area contributed by atoms with Gasteiger partial charge in [0, 0.05) is 30.2 Å². The van der Waals surface area contributed by atoms with E-state index in [0.717, 1.165) is 18.8 Å². The number of hydrogen-bond acceptors (Lipinski definition) is 3. The number of halogens is 1. The van der Waals surface area contributed by atoms with E-state index in [-0.39, 0.29) is 0 Å². The molecule has 0 atom stereocenters. The molecular formula is C13H19ClO2S. The van der Waals surface area contributed by atoms with Gasteiger partial charge in [-0.3, -0.25) is 0 Å². The summed E-state index contributed by atoms with van der Waals surface area (Å²) >= 11 is 7.58. The van der Waals surface area contributed by atoms with Crippen molar-refractivity contribution >= 4 is 23.4 Å². The van der Waals surface area contributed by atoms with Crippen LogP contribution in [0, 0.1) is 0 Å². The predicted molar refractivity (Wildman–Crippen MR) is 74.0 cm³/mol. The molecule has 0 spiro atoms. The number of hydrogen-bond donors (Lipinski definition) is 0. The first-order valence-electron chi connectivity index (χ1n) is 5.71. The van der Waals surface area contributed by atoms with E-state index in [0.29, 0.717) is 19.1 Å². The molecule has 0 aliphatic heterocycles. The maximum atomic E-state index is 5.73. The predicted octanol–water partition coefficient (Wildman–Crippen LogP) is 3.57. The molecule has 0 amide bonds. The molecule has 0 saturated carbocycles. The van der Waals surface area contributed by atoms with Crippen LogP contribution in [0.25, 0.3) is 0 Å². The van der Waals surface area contributed by atoms with Gasteiger partial charge < -0.3 is 9.47 Å². The van der Waals surface area contributed by atoms with Crippen molar-refractivity contribution in [3.05, 3.63) is 29.8 Å². The van der Waals surface area contributed by atoms with Crippen LogP contribution >= 0.6 is 23.4 Å². The average molecular weight is 275 g/mol. The maximum absolute atomic E-state index is 5.73. The van der Waals surface area contributed by atoms with Crippen LogP contribution in [-0.2, 0) is 15.4 Å². The average Bonchev–Trinajstić information content (AvgIpc) is 2.38. The third kappa shape index (κ3) is 6.94. The van der Waals surface area contributed by atoms with E-state index < -0.39 is 0 Å². The zero-order valence-corrected chi connectivity index (χ0v) is 11.7. The Morgan fingerprint density at radius 2 is 1.88 bits per heavy atom. The zero-order valence-electron chi connectivity index (χ0n) is 10.2. The molecule has 0 aromatic heterocycles. The normalized spacial score (nSPS) is 10.7. The van der Waals surface area contributed by atoms with Gasteiger partial charge in [0.05, 0.1) is 13.2 Å². The van der Waals surface area contributed by atoms with Gasteiger partial charge in [-0.05, 0) is 24.1 Å². The Morgan fingerprint density at radius 1 is 1.12 bits per heavy atom. The first kappa shape index (κ1) is 14.8. The Kier molecular flexibility index (Phi) is 8.53. The van der Waals surface area contributed by atoms with Crippen molar-refractivity contribution in [1.29, 1.82) is 0 Å². The molecule has 1 aromatic carbocycles. The molecular weight excluding hydrogens is 256 g/mol. The molecule has 1 aromatic rings. The first-order valence-corrected chi connectivity index (χ1v) is 7.23.